The number of ether oxygens (including phenoxy) is 1. The van der Waals surface area contributed by atoms with Crippen LogP contribution in [0.25, 0.3) is 5.69 Å². The first-order valence-electron chi connectivity index (χ1n) is 7.13. The molecule has 0 radical (unpaired) electrons. The van der Waals surface area contributed by atoms with Gasteiger partial charge in [-0.25, -0.2) is 0 Å². The van der Waals surface area contributed by atoms with Crippen molar-refractivity contribution < 1.29 is 9.84 Å². The maximum atomic E-state index is 12.2. The summed E-state index contributed by atoms with van der Waals surface area (Å²) in [5, 5.41) is 17.4. The van der Waals surface area contributed by atoms with Crippen LogP contribution < -0.4 is 15.6 Å². The van der Waals surface area contributed by atoms with E-state index in [4.69, 9.17) is 4.74 Å². The lowest BCUT2D eigenvalue weighted by Gasteiger charge is -2.14. The summed E-state index contributed by atoms with van der Waals surface area (Å²) in [7, 11) is 1.54. The molecule has 0 unspecified atom stereocenters. The van der Waals surface area contributed by atoms with E-state index in [1.165, 1.54) is 10.7 Å². The van der Waals surface area contributed by atoms with Crippen molar-refractivity contribution in [1.82, 2.24) is 15.1 Å². The molecule has 0 aliphatic carbocycles. The fourth-order valence-electron chi connectivity index (χ4n) is 2.05. The van der Waals surface area contributed by atoms with Crippen molar-refractivity contribution >= 4 is 0 Å². The number of methoxy groups -OCH3 is 1. The second-order valence-electron chi connectivity index (χ2n) is 5.44. The Balaban J connectivity index is 2.53. The van der Waals surface area contributed by atoms with Crippen molar-refractivity contribution in [3.8, 4) is 17.2 Å². The standard InChI is InChI=1S/C16H21N3O3/c1-10(2)17-9-12-14(20)8-16(21)19(18-12)13-7-11(3)5-6-15(13)22-4/h5-8,10,17,20H,9H2,1-4H3. The summed E-state index contributed by atoms with van der Waals surface area (Å²) in [6.07, 6.45) is 0. The lowest BCUT2D eigenvalue weighted by atomic mass is 10.2. The highest BCUT2D eigenvalue weighted by atomic mass is 16.5. The van der Waals surface area contributed by atoms with Crippen LogP contribution in [0.1, 0.15) is 25.1 Å². The predicted octanol–water partition coefficient (Wildman–Crippen LogP) is 1.75. The first-order valence-corrected chi connectivity index (χ1v) is 7.13. The Morgan fingerprint density at radius 3 is 2.73 bits per heavy atom. The van der Waals surface area contributed by atoms with Gasteiger partial charge in [-0.1, -0.05) is 19.9 Å². The average molecular weight is 303 g/mol. The van der Waals surface area contributed by atoms with Crippen molar-refractivity contribution in [1.29, 1.82) is 0 Å². The first-order chi connectivity index (χ1) is 10.4. The number of hydrogen-bond acceptors (Lipinski definition) is 5. The Hall–Kier alpha value is -2.34. The minimum atomic E-state index is -0.408. The summed E-state index contributed by atoms with van der Waals surface area (Å²) < 4.78 is 6.55. The number of rotatable bonds is 5. The normalized spacial score (nSPS) is 11.0. The molecule has 1 aromatic carbocycles. The topological polar surface area (TPSA) is 76.4 Å². The van der Waals surface area contributed by atoms with Crippen molar-refractivity contribution in [3.05, 3.63) is 45.9 Å². The van der Waals surface area contributed by atoms with E-state index in [-0.39, 0.29) is 11.8 Å². The zero-order chi connectivity index (χ0) is 16.3. The van der Waals surface area contributed by atoms with E-state index in [9.17, 15) is 9.90 Å². The Morgan fingerprint density at radius 1 is 1.36 bits per heavy atom. The number of hydrogen-bond donors (Lipinski definition) is 2. The minimum Gasteiger partial charge on any atom is -0.506 e. The van der Waals surface area contributed by atoms with Crippen LogP contribution in [0.15, 0.2) is 29.1 Å². The molecule has 6 nitrogen and oxygen atoms in total. The molecule has 0 amide bonds. The summed E-state index contributed by atoms with van der Waals surface area (Å²) >= 11 is 0. The van der Waals surface area contributed by atoms with Gasteiger partial charge in [0.2, 0.25) is 0 Å². The van der Waals surface area contributed by atoms with Gasteiger partial charge in [-0.05, 0) is 24.6 Å². The highest BCUT2D eigenvalue weighted by molar-refractivity contribution is 5.48. The van der Waals surface area contributed by atoms with Gasteiger partial charge >= 0.3 is 0 Å². The number of benzene rings is 1. The number of aromatic nitrogens is 2. The lowest BCUT2D eigenvalue weighted by molar-refractivity contribution is 0.409. The molecule has 1 aromatic heterocycles. The number of aryl methyl sites for hydroxylation is 1. The monoisotopic (exact) mass is 303 g/mol. The van der Waals surface area contributed by atoms with Crippen LogP contribution in [0.3, 0.4) is 0 Å². The third-order valence-electron chi connectivity index (χ3n) is 3.23. The average Bonchev–Trinajstić information content (AvgIpc) is 2.46. The smallest absolute Gasteiger partial charge is 0.275 e. The highest BCUT2D eigenvalue weighted by Crippen LogP contribution is 2.23. The Labute approximate surface area is 129 Å². The second-order valence-corrected chi connectivity index (χ2v) is 5.44. The van der Waals surface area contributed by atoms with Gasteiger partial charge < -0.3 is 15.2 Å². The van der Waals surface area contributed by atoms with Crippen LogP contribution in [0.5, 0.6) is 11.5 Å². The number of aromatic hydroxyl groups is 1. The summed E-state index contributed by atoms with van der Waals surface area (Å²) in [5.41, 5.74) is 1.55. The molecular weight excluding hydrogens is 282 g/mol. The zero-order valence-corrected chi connectivity index (χ0v) is 13.3. The minimum absolute atomic E-state index is 0.110. The zero-order valence-electron chi connectivity index (χ0n) is 13.3. The van der Waals surface area contributed by atoms with E-state index in [0.29, 0.717) is 23.7 Å². The molecule has 1 heterocycles. The summed E-state index contributed by atoms with van der Waals surface area (Å²) in [4.78, 5) is 12.2. The summed E-state index contributed by atoms with van der Waals surface area (Å²) in [6, 6.07) is 6.93. The molecule has 0 aliphatic rings. The molecular formula is C16H21N3O3. The maximum Gasteiger partial charge on any atom is 0.275 e. The molecule has 118 valence electrons. The first kappa shape index (κ1) is 16.0. The lowest BCUT2D eigenvalue weighted by Crippen LogP contribution is -2.27. The molecule has 0 fully saturated rings. The van der Waals surface area contributed by atoms with Crippen LogP contribution in [0, 0.1) is 6.92 Å². The van der Waals surface area contributed by atoms with Gasteiger partial charge in [0.25, 0.3) is 5.56 Å². The van der Waals surface area contributed by atoms with E-state index < -0.39 is 5.56 Å². The van der Waals surface area contributed by atoms with Gasteiger partial charge in [-0.15, -0.1) is 0 Å². The van der Waals surface area contributed by atoms with E-state index in [2.05, 4.69) is 10.4 Å². The van der Waals surface area contributed by atoms with E-state index in [0.717, 1.165) is 5.56 Å². The molecule has 0 aliphatic heterocycles. The van der Waals surface area contributed by atoms with E-state index >= 15 is 0 Å². The number of nitrogens with one attached hydrogen (secondary N) is 1. The van der Waals surface area contributed by atoms with E-state index in [1.54, 1.807) is 13.2 Å². The predicted molar refractivity (Wildman–Crippen MR) is 84.8 cm³/mol. The van der Waals surface area contributed by atoms with Crippen LogP contribution in [-0.2, 0) is 6.54 Å². The van der Waals surface area contributed by atoms with Gasteiger partial charge in [0, 0.05) is 18.7 Å². The van der Waals surface area contributed by atoms with Gasteiger partial charge in [0.15, 0.2) is 0 Å². The third kappa shape index (κ3) is 3.46. The quantitative estimate of drug-likeness (QED) is 0.880. The van der Waals surface area contributed by atoms with Crippen LogP contribution >= 0.6 is 0 Å². The van der Waals surface area contributed by atoms with Crippen molar-refractivity contribution in [2.24, 2.45) is 0 Å². The molecule has 2 aromatic rings. The maximum absolute atomic E-state index is 12.2. The van der Waals surface area contributed by atoms with Gasteiger partial charge in [0.1, 0.15) is 22.9 Å². The molecule has 0 saturated carbocycles. The van der Waals surface area contributed by atoms with Crippen molar-refractivity contribution in [3.63, 3.8) is 0 Å². The SMILES string of the molecule is COc1ccc(C)cc1-n1nc(CNC(C)C)c(O)cc1=O. The largest absolute Gasteiger partial charge is 0.506 e. The van der Waals surface area contributed by atoms with Gasteiger partial charge in [0.05, 0.1) is 7.11 Å². The van der Waals surface area contributed by atoms with Crippen LogP contribution in [0.4, 0.5) is 0 Å². The van der Waals surface area contributed by atoms with Gasteiger partial charge in [-0.2, -0.15) is 9.78 Å². The molecule has 2 rings (SSSR count). The summed E-state index contributed by atoms with van der Waals surface area (Å²) in [6.45, 7) is 6.29. The molecule has 0 spiro atoms. The van der Waals surface area contributed by atoms with Crippen LogP contribution in [-0.4, -0.2) is 28.0 Å². The molecule has 0 saturated heterocycles. The Bertz CT molecular complexity index is 723. The van der Waals surface area contributed by atoms with Gasteiger partial charge in [-0.3, -0.25) is 4.79 Å². The Kier molecular flexibility index (Phi) is 4.82. The van der Waals surface area contributed by atoms with E-state index in [1.807, 2.05) is 32.9 Å². The van der Waals surface area contributed by atoms with Crippen molar-refractivity contribution in [2.45, 2.75) is 33.4 Å². The Morgan fingerprint density at radius 2 is 2.09 bits per heavy atom. The fraction of sp³-hybridized carbons (Fsp3) is 0.375. The van der Waals surface area contributed by atoms with Crippen LogP contribution in [0.2, 0.25) is 0 Å². The fourth-order valence-corrected chi connectivity index (χ4v) is 2.05. The number of nitrogens with zero attached hydrogens (tertiary/aromatic N) is 2. The highest BCUT2D eigenvalue weighted by Gasteiger charge is 2.13. The van der Waals surface area contributed by atoms with Crippen molar-refractivity contribution in [2.75, 3.05) is 7.11 Å². The molecule has 0 atom stereocenters. The second kappa shape index (κ2) is 6.62. The molecule has 22 heavy (non-hydrogen) atoms. The molecule has 6 heteroatoms. The summed E-state index contributed by atoms with van der Waals surface area (Å²) in [5.74, 6) is 0.440. The molecule has 2 N–H and O–H groups in total. The third-order valence-corrected chi connectivity index (χ3v) is 3.23. The molecule has 0 bridgehead atoms.